The van der Waals surface area contributed by atoms with E-state index in [4.69, 9.17) is 5.84 Å². The normalized spacial score (nSPS) is 10.5. The first-order valence-corrected chi connectivity index (χ1v) is 6.33. The predicted octanol–water partition coefficient (Wildman–Crippen LogP) is 3.23. The van der Waals surface area contributed by atoms with E-state index in [-0.39, 0.29) is 0 Å². The van der Waals surface area contributed by atoms with E-state index in [1.165, 1.54) is 0 Å². The van der Waals surface area contributed by atoms with Crippen molar-refractivity contribution in [1.82, 2.24) is 4.98 Å². The minimum absolute atomic E-state index is 0.921. The van der Waals surface area contributed by atoms with E-state index in [1.807, 2.05) is 19.1 Å². The van der Waals surface area contributed by atoms with Gasteiger partial charge in [-0.2, -0.15) is 0 Å². The number of nitrogens with zero attached hydrogens (tertiary/aromatic N) is 1. The van der Waals surface area contributed by atoms with Crippen molar-refractivity contribution in [2.24, 2.45) is 5.84 Å². The van der Waals surface area contributed by atoms with Crippen molar-refractivity contribution in [2.75, 3.05) is 5.43 Å². The molecule has 0 radical (unpaired) electrons. The molecule has 0 fully saturated rings. The van der Waals surface area contributed by atoms with Gasteiger partial charge in [0.1, 0.15) is 10.0 Å². The number of thiazole rings is 1. The number of hydrogen-bond donors (Lipinski definition) is 2. The quantitative estimate of drug-likeness (QED) is 0.659. The van der Waals surface area contributed by atoms with Crippen molar-refractivity contribution >= 4 is 43.6 Å². The van der Waals surface area contributed by atoms with E-state index in [9.17, 15) is 0 Å². The van der Waals surface area contributed by atoms with Gasteiger partial charge in [0.25, 0.3) is 0 Å². The molecule has 2 aromatic rings. The van der Waals surface area contributed by atoms with E-state index in [1.54, 1.807) is 22.7 Å². The summed E-state index contributed by atoms with van der Waals surface area (Å²) in [4.78, 5) is 5.59. The maximum absolute atomic E-state index is 5.36. The predicted molar refractivity (Wildman–Crippen MR) is 65.7 cm³/mol. The van der Waals surface area contributed by atoms with Gasteiger partial charge in [0.05, 0.1) is 14.4 Å². The van der Waals surface area contributed by atoms with Crippen LogP contribution in [0.2, 0.25) is 0 Å². The number of hydrazine groups is 1. The summed E-state index contributed by atoms with van der Waals surface area (Å²) in [6.07, 6.45) is 0. The van der Waals surface area contributed by atoms with Crippen LogP contribution < -0.4 is 11.3 Å². The van der Waals surface area contributed by atoms with Crippen LogP contribution in [0.15, 0.2) is 15.9 Å². The highest BCUT2D eigenvalue weighted by Crippen LogP contribution is 2.36. The number of thiophene rings is 1. The zero-order valence-electron chi connectivity index (χ0n) is 7.37. The number of anilines is 1. The van der Waals surface area contributed by atoms with Crippen LogP contribution in [-0.4, -0.2) is 4.98 Å². The van der Waals surface area contributed by atoms with Crippen molar-refractivity contribution < 1.29 is 0 Å². The zero-order valence-corrected chi connectivity index (χ0v) is 10.6. The number of hydrogen-bond acceptors (Lipinski definition) is 5. The molecule has 0 aliphatic carbocycles. The van der Waals surface area contributed by atoms with Crippen LogP contribution in [0.1, 0.15) is 5.69 Å². The van der Waals surface area contributed by atoms with Crippen molar-refractivity contribution in [3.63, 3.8) is 0 Å². The Morgan fingerprint density at radius 1 is 1.43 bits per heavy atom. The number of aryl methyl sites for hydroxylation is 1. The first-order valence-electron chi connectivity index (χ1n) is 3.90. The Labute approximate surface area is 98.1 Å². The lowest BCUT2D eigenvalue weighted by molar-refractivity contribution is 1.24. The highest BCUT2D eigenvalue weighted by molar-refractivity contribution is 9.11. The van der Waals surface area contributed by atoms with Gasteiger partial charge in [-0.25, -0.2) is 10.8 Å². The molecule has 0 aliphatic heterocycles. The van der Waals surface area contributed by atoms with Gasteiger partial charge in [-0.15, -0.1) is 11.3 Å². The molecule has 0 saturated carbocycles. The van der Waals surface area contributed by atoms with Crippen LogP contribution in [0.5, 0.6) is 0 Å². The number of aromatic nitrogens is 1. The molecule has 74 valence electrons. The Kier molecular flexibility index (Phi) is 2.87. The summed E-state index contributed by atoms with van der Waals surface area (Å²) in [5.74, 6) is 5.36. The van der Waals surface area contributed by atoms with E-state index in [0.29, 0.717) is 0 Å². The second-order valence-electron chi connectivity index (χ2n) is 2.68. The lowest BCUT2D eigenvalue weighted by atomic mass is 10.5. The van der Waals surface area contributed by atoms with Gasteiger partial charge >= 0.3 is 0 Å². The topological polar surface area (TPSA) is 50.9 Å². The molecule has 3 nitrogen and oxygen atoms in total. The molecule has 0 bridgehead atoms. The van der Waals surface area contributed by atoms with Crippen LogP contribution in [-0.2, 0) is 0 Å². The molecule has 0 atom stereocenters. The van der Waals surface area contributed by atoms with E-state index >= 15 is 0 Å². The van der Waals surface area contributed by atoms with Gasteiger partial charge in [0.15, 0.2) is 0 Å². The summed E-state index contributed by atoms with van der Waals surface area (Å²) in [6, 6.07) is 4.07. The smallest absolute Gasteiger partial charge is 0.135 e. The third kappa shape index (κ3) is 1.83. The largest absolute Gasteiger partial charge is 0.314 e. The Bertz CT molecular complexity index is 449. The Balaban J connectivity index is 2.42. The summed E-state index contributed by atoms with van der Waals surface area (Å²) in [5, 5.41) is 1.93. The Morgan fingerprint density at radius 3 is 2.71 bits per heavy atom. The van der Waals surface area contributed by atoms with E-state index in [2.05, 4.69) is 26.3 Å². The molecule has 2 heterocycles. The molecule has 3 N–H and O–H groups in total. The molecule has 0 aliphatic rings. The Hall–Kier alpha value is -0.430. The van der Waals surface area contributed by atoms with Crippen molar-refractivity contribution in [1.29, 1.82) is 0 Å². The molecule has 0 amide bonds. The summed E-state index contributed by atoms with van der Waals surface area (Å²) >= 11 is 6.66. The highest BCUT2D eigenvalue weighted by Gasteiger charge is 2.09. The number of nitrogens with two attached hydrogens (primary N) is 1. The first kappa shape index (κ1) is 10.1. The number of nitrogen functional groups attached to an aromatic ring is 1. The standard InChI is InChI=1S/C8H8BrN3S2/c1-4-7(12-10)14-8(11-4)5-2-3-6(9)13-5/h2-3,12H,10H2,1H3. The third-order valence-corrected chi connectivity index (χ3v) is 4.59. The molecule has 14 heavy (non-hydrogen) atoms. The zero-order chi connectivity index (χ0) is 10.1. The van der Waals surface area contributed by atoms with Crippen molar-refractivity contribution in [3.8, 4) is 9.88 Å². The van der Waals surface area contributed by atoms with Crippen molar-refractivity contribution in [2.45, 2.75) is 6.92 Å². The SMILES string of the molecule is Cc1nc(-c2ccc(Br)s2)sc1NN. The van der Waals surface area contributed by atoms with E-state index < -0.39 is 0 Å². The fourth-order valence-corrected chi connectivity index (χ4v) is 3.38. The van der Waals surface area contributed by atoms with Crippen LogP contribution in [0.4, 0.5) is 5.00 Å². The van der Waals surface area contributed by atoms with Crippen LogP contribution in [0.3, 0.4) is 0 Å². The third-order valence-electron chi connectivity index (χ3n) is 1.71. The lowest BCUT2D eigenvalue weighted by Crippen LogP contribution is -2.05. The highest BCUT2D eigenvalue weighted by atomic mass is 79.9. The molecular weight excluding hydrogens is 282 g/mol. The van der Waals surface area contributed by atoms with E-state index in [0.717, 1.165) is 24.4 Å². The average Bonchev–Trinajstić information content (AvgIpc) is 2.71. The fraction of sp³-hybridized carbons (Fsp3) is 0.125. The first-order chi connectivity index (χ1) is 6.70. The molecular formula is C8H8BrN3S2. The van der Waals surface area contributed by atoms with Gasteiger partial charge in [-0.1, -0.05) is 11.3 Å². The minimum atomic E-state index is 0.921. The Morgan fingerprint density at radius 2 is 2.21 bits per heavy atom. The fourth-order valence-electron chi connectivity index (χ4n) is 1.06. The average molecular weight is 290 g/mol. The van der Waals surface area contributed by atoms with Crippen LogP contribution in [0, 0.1) is 6.92 Å². The molecule has 0 aromatic carbocycles. The molecule has 0 unspecified atom stereocenters. The molecule has 2 aromatic heterocycles. The molecule has 6 heteroatoms. The second kappa shape index (κ2) is 3.98. The van der Waals surface area contributed by atoms with Gasteiger partial charge in [-0.05, 0) is 35.0 Å². The number of rotatable bonds is 2. The maximum Gasteiger partial charge on any atom is 0.135 e. The van der Waals surface area contributed by atoms with Crippen molar-refractivity contribution in [3.05, 3.63) is 21.6 Å². The van der Waals surface area contributed by atoms with Gasteiger partial charge in [0.2, 0.25) is 0 Å². The monoisotopic (exact) mass is 289 g/mol. The number of nitrogens with one attached hydrogen (secondary N) is 1. The van der Waals surface area contributed by atoms with Gasteiger partial charge in [0, 0.05) is 0 Å². The summed E-state index contributed by atoms with van der Waals surface area (Å²) in [7, 11) is 0. The van der Waals surface area contributed by atoms with Gasteiger partial charge in [-0.3, -0.25) is 0 Å². The van der Waals surface area contributed by atoms with Gasteiger partial charge < -0.3 is 5.43 Å². The molecule has 0 spiro atoms. The summed E-state index contributed by atoms with van der Waals surface area (Å²) in [5.41, 5.74) is 3.58. The van der Waals surface area contributed by atoms with Crippen LogP contribution >= 0.6 is 38.6 Å². The maximum atomic E-state index is 5.36. The molecule has 0 saturated heterocycles. The second-order valence-corrected chi connectivity index (χ2v) is 6.14. The summed E-state index contributed by atoms with van der Waals surface area (Å²) < 4.78 is 1.11. The minimum Gasteiger partial charge on any atom is -0.314 e. The lowest BCUT2D eigenvalue weighted by Gasteiger charge is -1.90. The number of halogens is 1. The summed E-state index contributed by atoms with van der Waals surface area (Å²) in [6.45, 7) is 1.94. The van der Waals surface area contributed by atoms with Crippen LogP contribution in [0.25, 0.3) is 9.88 Å². The molecule has 2 rings (SSSR count).